The van der Waals surface area contributed by atoms with Crippen molar-refractivity contribution in [3.05, 3.63) is 59.9 Å². The Balaban J connectivity index is 1.78. The number of anilines is 1. The second-order valence-electron chi connectivity index (χ2n) is 5.53. The first-order chi connectivity index (χ1) is 11.9. The lowest BCUT2D eigenvalue weighted by molar-refractivity contribution is 0.102. The highest BCUT2D eigenvalue weighted by Crippen LogP contribution is 2.17. The number of nitrogens with one attached hydrogen (secondary N) is 2. The molecule has 0 saturated carbocycles. The van der Waals surface area contributed by atoms with E-state index in [0.29, 0.717) is 24.5 Å². The number of hydrogen-bond acceptors (Lipinski definition) is 4. The molecule has 8 heteroatoms. The lowest BCUT2D eigenvalue weighted by atomic mass is 10.2. The summed E-state index contributed by atoms with van der Waals surface area (Å²) in [5, 5.41) is 2.56. The van der Waals surface area contributed by atoms with Crippen LogP contribution >= 0.6 is 0 Å². The monoisotopic (exact) mass is 361 g/mol. The van der Waals surface area contributed by atoms with E-state index >= 15 is 0 Å². The molecule has 0 aromatic heterocycles. The van der Waals surface area contributed by atoms with Gasteiger partial charge in [0.1, 0.15) is 11.7 Å². The zero-order valence-electron chi connectivity index (χ0n) is 13.2. The Morgan fingerprint density at radius 1 is 1.12 bits per heavy atom. The van der Waals surface area contributed by atoms with Gasteiger partial charge in [0.25, 0.3) is 15.9 Å². The van der Waals surface area contributed by atoms with E-state index in [2.05, 4.69) is 15.0 Å². The van der Waals surface area contributed by atoms with Crippen LogP contribution in [0.4, 0.5) is 10.1 Å². The van der Waals surface area contributed by atoms with Gasteiger partial charge in [-0.25, -0.2) is 12.8 Å². The van der Waals surface area contributed by atoms with Gasteiger partial charge in [-0.15, -0.1) is 0 Å². The molecular formula is C17H16FN3O3S. The summed E-state index contributed by atoms with van der Waals surface area (Å²) in [6, 6.07) is 11.1. The van der Waals surface area contributed by atoms with Gasteiger partial charge in [-0.3, -0.25) is 14.5 Å². The number of sulfonamides is 1. The summed E-state index contributed by atoms with van der Waals surface area (Å²) < 4.78 is 40.4. The molecule has 1 amide bonds. The Bertz CT molecular complexity index is 942. The summed E-state index contributed by atoms with van der Waals surface area (Å²) in [5.41, 5.74) is 0.442. The van der Waals surface area contributed by atoms with Crippen LogP contribution in [0, 0.1) is 5.82 Å². The molecule has 1 aliphatic heterocycles. The highest BCUT2D eigenvalue weighted by Gasteiger charge is 2.19. The molecule has 0 spiro atoms. The number of amides is 1. The molecule has 2 aromatic rings. The number of amidine groups is 1. The van der Waals surface area contributed by atoms with Crippen molar-refractivity contribution in [3.8, 4) is 0 Å². The van der Waals surface area contributed by atoms with Crippen molar-refractivity contribution >= 4 is 27.5 Å². The van der Waals surface area contributed by atoms with Crippen LogP contribution in [-0.2, 0) is 10.0 Å². The van der Waals surface area contributed by atoms with E-state index in [0.717, 1.165) is 12.5 Å². The van der Waals surface area contributed by atoms with Gasteiger partial charge in [0, 0.05) is 24.2 Å². The molecule has 0 atom stereocenters. The van der Waals surface area contributed by atoms with Crippen LogP contribution in [-0.4, -0.2) is 26.7 Å². The Morgan fingerprint density at radius 3 is 2.64 bits per heavy atom. The minimum atomic E-state index is -3.77. The summed E-state index contributed by atoms with van der Waals surface area (Å²) in [7, 11) is -3.77. The predicted molar refractivity (Wildman–Crippen MR) is 92.7 cm³/mol. The zero-order valence-corrected chi connectivity index (χ0v) is 14.0. The van der Waals surface area contributed by atoms with Crippen molar-refractivity contribution in [1.82, 2.24) is 4.72 Å². The number of rotatable bonds is 4. The number of aliphatic imine (C=N–C) groups is 1. The number of halogens is 1. The maximum absolute atomic E-state index is 13.2. The molecule has 0 fully saturated rings. The van der Waals surface area contributed by atoms with E-state index in [9.17, 15) is 17.6 Å². The maximum Gasteiger partial charge on any atom is 0.262 e. The summed E-state index contributed by atoms with van der Waals surface area (Å²) in [6.45, 7) is 0.613. The standard InChI is InChI=1S/C17H16FN3O3S/c18-13-5-1-4-12(10-13)17(22)20-14-6-2-7-15(11-14)25(23,24)21-16-8-3-9-19-16/h1-2,4-7,10-11H,3,8-9H2,(H,19,21)(H,20,22). The zero-order chi connectivity index (χ0) is 17.9. The van der Waals surface area contributed by atoms with Gasteiger partial charge in [-0.1, -0.05) is 12.1 Å². The Labute approximate surface area is 144 Å². The van der Waals surface area contributed by atoms with Gasteiger partial charge in [0.05, 0.1) is 4.90 Å². The highest BCUT2D eigenvalue weighted by atomic mass is 32.2. The molecule has 0 unspecified atom stereocenters. The molecule has 6 nitrogen and oxygen atoms in total. The molecule has 2 N–H and O–H groups in total. The molecule has 3 rings (SSSR count). The Hall–Kier alpha value is -2.74. The summed E-state index contributed by atoms with van der Waals surface area (Å²) >= 11 is 0. The molecule has 25 heavy (non-hydrogen) atoms. The van der Waals surface area contributed by atoms with Crippen LogP contribution in [0.5, 0.6) is 0 Å². The quantitative estimate of drug-likeness (QED) is 0.877. The van der Waals surface area contributed by atoms with E-state index in [4.69, 9.17) is 0 Å². The molecular weight excluding hydrogens is 345 g/mol. The molecule has 130 valence electrons. The largest absolute Gasteiger partial charge is 0.322 e. The van der Waals surface area contributed by atoms with E-state index in [1.54, 1.807) is 6.07 Å². The van der Waals surface area contributed by atoms with Crippen LogP contribution in [0.15, 0.2) is 58.4 Å². The SMILES string of the molecule is O=C(Nc1cccc(S(=O)(=O)NC2=NCCC2)c1)c1cccc(F)c1. The van der Waals surface area contributed by atoms with E-state index in [1.807, 2.05) is 0 Å². The normalized spacial score (nSPS) is 14.0. The number of benzene rings is 2. The second-order valence-corrected chi connectivity index (χ2v) is 7.21. The summed E-state index contributed by atoms with van der Waals surface area (Å²) in [5.74, 6) is -0.609. The van der Waals surface area contributed by atoms with Gasteiger partial charge >= 0.3 is 0 Å². The topological polar surface area (TPSA) is 87.6 Å². The average Bonchev–Trinajstić information content (AvgIpc) is 3.07. The van der Waals surface area contributed by atoms with E-state index in [1.165, 1.54) is 36.4 Å². The first-order valence-corrected chi connectivity index (χ1v) is 9.15. The second kappa shape index (κ2) is 7.02. The smallest absolute Gasteiger partial charge is 0.262 e. The molecule has 1 aliphatic rings. The van der Waals surface area contributed by atoms with Gasteiger partial charge < -0.3 is 5.32 Å². The van der Waals surface area contributed by atoms with Gasteiger partial charge in [0.2, 0.25) is 0 Å². The molecule has 0 saturated heterocycles. The lowest BCUT2D eigenvalue weighted by Crippen LogP contribution is -2.29. The molecule has 1 heterocycles. The fourth-order valence-electron chi connectivity index (χ4n) is 2.41. The fraction of sp³-hybridized carbons (Fsp3) is 0.176. The van der Waals surface area contributed by atoms with Crippen LogP contribution < -0.4 is 10.0 Å². The predicted octanol–water partition coefficient (Wildman–Crippen LogP) is 2.55. The van der Waals surface area contributed by atoms with E-state index in [-0.39, 0.29) is 10.5 Å². The summed E-state index contributed by atoms with van der Waals surface area (Å²) in [4.78, 5) is 16.2. The lowest BCUT2D eigenvalue weighted by Gasteiger charge is -2.10. The highest BCUT2D eigenvalue weighted by molar-refractivity contribution is 7.90. The van der Waals surface area contributed by atoms with E-state index < -0.39 is 21.7 Å². The van der Waals surface area contributed by atoms with Gasteiger partial charge in [-0.05, 0) is 42.8 Å². The average molecular weight is 361 g/mol. The number of carbonyl (C=O) groups is 1. The third-order valence-electron chi connectivity index (χ3n) is 3.62. The van der Waals surface area contributed by atoms with Crippen LogP contribution in [0.25, 0.3) is 0 Å². The minimum Gasteiger partial charge on any atom is -0.322 e. The first kappa shape index (κ1) is 17.1. The number of nitrogens with zero attached hydrogens (tertiary/aromatic N) is 1. The number of carbonyl (C=O) groups excluding carboxylic acids is 1. The van der Waals surface area contributed by atoms with Crippen molar-refractivity contribution in [2.45, 2.75) is 17.7 Å². The molecule has 0 radical (unpaired) electrons. The fourth-order valence-corrected chi connectivity index (χ4v) is 3.55. The van der Waals surface area contributed by atoms with Crippen LogP contribution in [0.3, 0.4) is 0 Å². The minimum absolute atomic E-state index is 0.0131. The Morgan fingerprint density at radius 2 is 1.92 bits per heavy atom. The maximum atomic E-state index is 13.2. The van der Waals surface area contributed by atoms with Crippen molar-refractivity contribution < 1.29 is 17.6 Å². The van der Waals surface area contributed by atoms with Crippen LogP contribution in [0.1, 0.15) is 23.2 Å². The molecule has 2 aromatic carbocycles. The van der Waals surface area contributed by atoms with Crippen molar-refractivity contribution in [1.29, 1.82) is 0 Å². The van der Waals surface area contributed by atoms with Crippen molar-refractivity contribution in [3.63, 3.8) is 0 Å². The molecule has 0 bridgehead atoms. The van der Waals surface area contributed by atoms with Gasteiger partial charge in [0.15, 0.2) is 0 Å². The van der Waals surface area contributed by atoms with Crippen molar-refractivity contribution in [2.75, 3.05) is 11.9 Å². The van der Waals surface area contributed by atoms with Crippen molar-refractivity contribution in [2.24, 2.45) is 4.99 Å². The third kappa shape index (κ3) is 4.21. The summed E-state index contributed by atoms with van der Waals surface area (Å²) in [6.07, 6.45) is 1.41. The van der Waals surface area contributed by atoms with Crippen LogP contribution in [0.2, 0.25) is 0 Å². The molecule has 0 aliphatic carbocycles. The third-order valence-corrected chi connectivity index (χ3v) is 4.99. The van der Waals surface area contributed by atoms with Gasteiger partial charge in [-0.2, -0.15) is 0 Å². The first-order valence-electron chi connectivity index (χ1n) is 7.67. The Kier molecular flexibility index (Phi) is 4.80. The number of hydrogen-bond donors (Lipinski definition) is 2.